The Balaban J connectivity index is 2.22. The minimum atomic E-state index is -3.66. The predicted octanol–water partition coefficient (Wildman–Crippen LogP) is 2.07. The summed E-state index contributed by atoms with van der Waals surface area (Å²) < 4.78 is 44.7. The number of aromatic nitrogens is 1. The highest BCUT2D eigenvalue weighted by molar-refractivity contribution is 7.92. The van der Waals surface area contributed by atoms with E-state index in [0.717, 1.165) is 10.6 Å². The number of amides is 1. The van der Waals surface area contributed by atoms with Crippen LogP contribution in [0.2, 0.25) is 0 Å². The number of furan rings is 1. The smallest absolute Gasteiger partial charge is 0.255 e. The molecular formula is C22H26FN3O6S. The molecule has 3 N–H and O–H groups in total. The average Bonchev–Trinajstić information content (AvgIpc) is 3.15. The zero-order chi connectivity index (χ0) is 24.3. The molecule has 178 valence electrons. The lowest BCUT2D eigenvalue weighted by molar-refractivity contribution is 0.0867. The Morgan fingerprint density at radius 1 is 1.30 bits per heavy atom. The van der Waals surface area contributed by atoms with Crippen molar-refractivity contribution in [2.24, 2.45) is 0 Å². The van der Waals surface area contributed by atoms with E-state index in [9.17, 15) is 22.7 Å². The second-order valence-electron chi connectivity index (χ2n) is 7.68. The minimum Gasteiger partial charge on any atom is -0.437 e. The van der Waals surface area contributed by atoms with Gasteiger partial charge in [0.2, 0.25) is 15.7 Å². The van der Waals surface area contributed by atoms with E-state index in [0.29, 0.717) is 35.8 Å². The summed E-state index contributed by atoms with van der Waals surface area (Å²) in [6, 6.07) is 7.07. The molecule has 0 aliphatic rings. The number of hydrogen-bond donors (Lipinski definition) is 3. The van der Waals surface area contributed by atoms with E-state index >= 15 is 0 Å². The van der Waals surface area contributed by atoms with E-state index in [2.05, 4.69) is 10.3 Å². The summed E-state index contributed by atoms with van der Waals surface area (Å²) in [6.07, 6.45) is 1.22. The third-order valence-electron chi connectivity index (χ3n) is 5.29. The summed E-state index contributed by atoms with van der Waals surface area (Å²) in [7, 11) is -0.831. The maximum absolute atomic E-state index is 13.4. The Bertz CT molecular complexity index is 1260. The summed E-state index contributed by atoms with van der Waals surface area (Å²) in [5.74, 6) is -0.580. The first kappa shape index (κ1) is 24.6. The van der Waals surface area contributed by atoms with Crippen LogP contribution in [0.3, 0.4) is 0 Å². The Hall–Kier alpha value is -3.02. The highest BCUT2D eigenvalue weighted by Crippen LogP contribution is 2.36. The van der Waals surface area contributed by atoms with Crippen molar-refractivity contribution in [1.82, 2.24) is 10.3 Å². The van der Waals surface area contributed by atoms with Crippen LogP contribution < -0.4 is 9.62 Å². The molecular weight excluding hydrogens is 453 g/mol. The largest absolute Gasteiger partial charge is 0.437 e. The molecule has 9 nitrogen and oxygen atoms in total. The highest BCUT2D eigenvalue weighted by Gasteiger charge is 2.26. The van der Waals surface area contributed by atoms with E-state index < -0.39 is 27.9 Å². The van der Waals surface area contributed by atoms with Crippen molar-refractivity contribution in [2.75, 3.05) is 31.3 Å². The molecule has 0 saturated carbocycles. The number of pyridine rings is 1. The maximum atomic E-state index is 13.4. The van der Waals surface area contributed by atoms with Gasteiger partial charge in [-0.3, -0.25) is 9.10 Å². The van der Waals surface area contributed by atoms with Crippen molar-refractivity contribution >= 4 is 32.8 Å². The molecule has 0 saturated heterocycles. The molecule has 11 heteroatoms. The number of aliphatic hydroxyl groups excluding tert-OH is 2. The van der Waals surface area contributed by atoms with Crippen molar-refractivity contribution < 1.29 is 32.2 Å². The van der Waals surface area contributed by atoms with Gasteiger partial charge in [-0.05, 0) is 55.2 Å². The second-order valence-corrected chi connectivity index (χ2v) is 9.69. The van der Waals surface area contributed by atoms with Gasteiger partial charge in [-0.25, -0.2) is 12.8 Å². The van der Waals surface area contributed by atoms with Gasteiger partial charge in [0.25, 0.3) is 5.91 Å². The monoisotopic (exact) mass is 479 g/mol. The van der Waals surface area contributed by atoms with Crippen LogP contribution in [-0.2, 0) is 16.4 Å². The van der Waals surface area contributed by atoms with E-state index in [1.807, 2.05) is 0 Å². The molecule has 1 unspecified atom stereocenters. The first-order valence-corrected chi connectivity index (χ1v) is 12.1. The number of aliphatic hydroxyl groups is 2. The Labute approximate surface area is 190 Å². The van der Waals surface area contributed by atoms with Crippen LogP contribution in [0, 0.1) is 5.82 Å². The van der Waals surface area contributed by atoms with Gasteiger partial charge < -0.3 is 19.9 Å². The number of aryl methyl sites for hydroxylation is 1. The van der Waals surface area contributed by atoms with Gasteiger partial charge in [0, 0.05) is 19.7 Å². The van der Waals surface area contributed by atoms with Crippen molar-refractivity contribution in [3.8, 4) is 11.3 Å². The lowest BCUT2D eigenvalue weighted by atomic mass is 10.0. The van der Waals surface area contributed by atoms with Crippen LogP contribution in [0.15, 0.2) is 34.7 Å². The zero-order valence-corrected chi connectivity index (χ0v) is 19.3. The normalized spacial score (nSPS) is 12.7. The zero-order valence-electron chi connectivity index (χ0n) is 18.5. The number of halogens is 1. The maximum Gasteiger partial charge on any atom is 0.255 e. The number of rotatable bonds is 9. The Kier molecular flexibility index (Phi) is 7.35. The molecule has 0 bridgehead atoms. The number of carbonyl (C=O) groups excluding carboxylic acids is 1. The summed E-state index contributed by atoms with van der Waals surface area (Å²) in [6.45, 7) is -0.378. The number of hydrogen-bond acceptors (Lipinski definition) is 7. The van der Waals surface area contributed by atoms with E-state index in [4.69, 9.17) is 9.52 Å². The summed E-state index contributed by atoms with van der Waals surface area (Å²) in [5, 5.41) is 21.6. The molecule has 0 fully saturated rings. The SMILES string of the molecule is CNC(=O)c1c(-c2ccc(F)cc2)oc2nc(N(C)S(C)(=O)=O)c(CCCC(O)CO)cc12. The third kappa shape index (κ3) is 5.32. The molecule has 0 aliphatic heterocycles. The van der Waals surface area contributed by atoms with E-state index in [-0.39, 0.29) is 29.5 Å². The van der Waals surface area contributed by atoms with Gasteiger partial charge in [0.1, 0.15) is 17.4 Å². The standard InChI is InChI=1S/C22H26FN3O6S/c1-24-21(29)18-17-11-14(5-4-6-16(28)12-27)20(26(2)33(3,30)31)25-22(17)32-19(18)13-7-9-15(23)10-8-13/h7-11,16,27-28H,4-6,12H2,1-3H3,(H,24,29). The van der Waals surface area contributed by atoms with Crippen LogP contribution in [0.4, 0.5) is 10.2 Å². The van der Waals surface area contributed by atoms with E-state index in [1.54, 1.807) is 6.07 Å². The minimum absolute atomic E-state index is 0.0533. The van der Waals surface area contributed by atoms with E-state index in [1.165, 1.54) is 38.4 Å². The molecule has 33 heavy (non-hydrogen) atoms. The lowest BCUT2D eigenvalue weighted by Crippen LogP contribution is -2.27. The molecule has 0 radical (unpaired) electrons. The quantitative estimate of drug-likeness (QED) is 0.428. The number of anilines is 1. The van der Waals surface area contributed by atoms with Gasteiger partial charge in [0.15, 0.2) is 0 Å². The molecule has 1 atom stereocenters. The molecule has 3 rings (SSSR count). The fourth-order valence-corrected chi connectivity index (χ4v) is 3.92. The fraction of sp³-hybridized carbons (Fsp3) is 0.364. The second kappa shape index (κ2) is 9.86. The van der Waals surface area contributed by atoms with Crippen LogP contribution in [0.25, 0.3) is 22.4 Å². The topological polar surface area (TPSA) is 133 Å². The number of fused-ring (bicyclic) bond motifs is 1. The summed E-state index contributed by atoms with van der Waals surface area (Å²) in [4.78, 5) is 17.2. The van der Waals surface area contributed by atoms with Crippen LogP contribution >= 0.6 is 0 Å². The summed E-state index contributed by atoms with van der Waals surface area (Å²) >= 11 is 0. The fourth-order valence-electron chi connectivity index (χ4n) is 3.44. The molecule has 1 amide bonds. The molecule has 2 heterocycles. The number of carbonyl (C=O) groups is 1. The molecule has 3 aromatic rings. The average molecular weight is 480 g/mol. The van der Waals surface area contributed by atoms with Crippen LogP contribution in [-0.4, -0.2) is 62.6 Å². The van der Waals surface area contributed by atoms with Crippen LogP contribution in [0.5, 0.6) is 0 Å². The first-order chi connectivity index (χ1) is 15.6. The molecule has 0 aliphatic carbocycles. The number of benzene rings is 1. The highest BCUT2D eigenvalue weighted by atomic mass is 32.2. The van der Waals surface area contributed by atoms with Crippen molar-refractivity contribution in [2.45, 2.75) is 25.4 Å². The van der Waals surface area contributed by atoms with Gasteiger partial charge in [-0.1, -0.05) is 0 Å². The number of nitrogens with zero attached hydrogens (tertiary/aromatic N) is 2. The third-order valence-corrected chi connectivity index (χ3v) is 6.46. The number of sulfonamides is 1. The van der Waals surface area contributed by atoms with Crippen molar-refractivity contribution in [3.05, 3.63) is 47.3 Å². The molecule has 2 aromatic heterocycles. The van der Waals surface area contributed by atoms with Crippen LogP contribution in [0.1, 0.15) is 28.8 Å². The summed E-state index contributed by atoms with van der Waals surface area (Å²) in [5.41, 5.74) is 1.23. The lowest BCUT2D eigenvalue weighted by Gasteiger charge is -2.19. The Morgan fingerprint density at radius 2 is 1.97 bits per heavy atom. The van der Waals surface area contributed by atoms with Gasteiger partial charge in [0.05, 0.1) is 29.9 Å². The molecule has 1 aromatic carbocycles. The van der Waals surface area contributed by atoms with Crippen molar-refractivity contribution in [1.29, 1.82) is 0 Å². The van der Waals surface area contributed by atoms with Crippen molar-refractivity contribution in [3.63, 3.8) is 0 Å². The number of nitrogens with one attached hydrogen (secondary N) is 1. The van der Waals surface area contributed by atoms with Gasteiger partial charge in [-0.2, -0.15) is 4.98 Å². The Morgan fingerprint density at radius 3 is 2.55 bits per heavy atom. The predicted molar refractivity (Wildman–Crippen MR) is 122 cm³/mol. The van der Waals surface area contributed by atoms with Gasteiger partial charge >= 0.3 is 0 Å². The molecule has 0 spiro atoms. The van der Waals surface area contributed by atoms with Gasteiger partial charge in [-0.15, -0.1) is 0 Å². The first-order valence-electron chi connectivity index (χ1n) is 10.2.